The maximum absolute atomic E-state index is 11.9. The molecule has 0 radical (unpaired) electrons. The van der Waals surface area contributed by atoms with Crippen molar-refractivity contribution in [3.05, 3.63) is 56.5 Å². The number of benzene rings is 1. The Bertz CT molecular complexity index is 832. The fraction of sp³-hybridized carbons (Fsp3) is 0.421. The van der Waals surface area contributed by atoms with E-state index in [0.29, 0.717) is 17.9 Å². The highest BCUT2D eigenvalue weighted by atomic mass is 16.6. The molecule has 1 unspecified atom stereocenters. The summed E-state index contributed by atoms with van der Waals surface area (Å²) < 4.78 is 7.08. The number of nitro benzene ring substituents is 1. The Labute approximate surface area is 152 Å². The van der Waals surface area contributed by atoms with Gasteiger partial charge in [-0.1, -0.05) is 0 Å². The molecule has 0 saturated heterocycles. The lowest BCUT2D eigenvalue weighted by molar-refractivity contribution is -0.384. The SMILES string of the molecule is Cc1cc(-c2ccc([N+](=O)[O-])c(NC(C)COC(C)C)c2)cn(C)c1=O. The summed E-state index contributed by atoms with van der Waals surface area (Å²) in [5, 5.41) is 14.5. The van der Waals surface area contributed by atoms with Crippen LogP contribution >= 0.6 is 0 Å². The average molecular weight is 359 g/mol. The second-order valence-corrected chi connectivity index (χ2v) is 6.74. The van der Waals surface area contributed by atoms with E-state index in [1.54, 1.807) is 38.4 Å². The molecule has 0 aliphatic rings. The van der Waals surface area contributed by atoms with Crippen LogP contribution in [0.5, 0.6) is 0 Å². The Morgan fingerprint density at radius 3 is 2.50 bits per heavy atom. The van der Waals surface area contributed by atoms with E-state index in [2.05, 4.69) is 5.32 Å². The van der Waals surface area contributed by atoms with Crippen LogP contribution in [0.1, 0.15) is 26.3 Å². The molecule has 0 spiro atoms. The average Bonchev–Trinajstić information content (AvgIpc) is 2.57. The number of nitrogens with zero attached hydrogens (tertiary/aromatic N) is 2. The van der Waals surface area contributed by atoms with Crippen LogP contribution in [0.2, 0.25) is 0 Å². The second kappa shape index (κ2) is 8.14. The zero-order valence-corrected chi connectivity index (χ0v) is 15.8. The van der Waals surface area contributed by atoms with Crippen molar-refractivity contribution in [2.75, 3.05) is 11.9 Å². The van der Waals surface area contributed by atoms with Crippen molar-refractivity contribution in [2.24, 2.45) is 7.05 Å². The predicted octanol–water partition coefficient (Wildman–Crippen LogP) is 3.49. The fourth-order valence-electron chi connectivity index (χ4n) is 2.67. The van der Waals surface area contributed by atoms with Crippen molar-refractivity contribution < 1.29 is 9.66 Å². The van der Waals surface area contributed by atoms with Crippen molar-refractivity contribution in [1.29, 1.82) is 0 Å². The molecule has 1 atom stereocenters. The zero-order chi connectivity index (χ0) is 19.4. The predicted molar refractivity (Wildman–Crippen MR) is 103 cm³/mol. The van der Waals surface area contributed by atoms with Gasteiger partial charge in [-0.15, -0.1) is 0 Å². The smallest absolute Gasteiger partial charge is 0.292 e. The summed E-state index contributed by atoms with van der Waals surface area (Å²) in [7, 11) is 1.69. The largest absolute Gasteiger partial charge is 0.377 e. The first-order valence-electron chi connectivity index (χ1n) is 8.53. The minimum Gasteiger partial charge on any atom is -0.377 e. The molecule has 26 heavy (non-hydrogen) atoms. The number of hydrogen-bond donors (Lipinski definition) is 1. The van der Waals surface area contributed by atoms with Gasteiger partial charge >= 0.3 is 0 Å². The minimum atomic E-state index is -0.409. The van der Waals surface area contributed by atoms with Crippen molar-refractivity contribution in [1.82, 2.24) is 4.57 Å². The lowest BCUT2D eigenvalue weighted by atomic mass is 10.0. The maximum atomic E-state index is 11.9. The number of nitro groups is 1. The van der Waals surface area contributed by atoms with Gasteiger partial charge in [0.1, 0.15) is 5.69 Å². The summed E-state index contributed by atoms with van der Waals surface area (Å²) >= 11 is 0. The summed E-state index contributed by atoms with van der Waals surface area (Å²) in [6.45, 7) is 7.99. The summed E-state index contributed by atoms with van der Waals surface area (Å²) in [5.74, 6) is 0. The van der Waals surface area contributed by atoms with Crippen LogP contribution in [0.3, 0.4) is 0 Å². The normalized spacial score (nSPS) is 12.2. The molecule has 140 valence electrons. The van der Waals surface area contributed by atoms with Gasteiger partial charge in [0.2, 0.25) is 0 Å². The summed E-state index contributed by atoms with van der Waals surface area (Å²) in [5.41, 5.74) is 2.62. The number of rotatable bonds is 7. The first-order chi connectivity index (χ1) is 12.2. The molecule has 1 aromatic carbocycles. The van der Waals surface area contributed by atoms with E-state index in [1.807, 2.05) is 20.8 Å². The van der Waals surface area contributed by atoms with Crippen LogP contribution in [0.15, 0.2) is 35.3 Å². The lowest BCUT2D eigenvalue weighted by Gasteiger charge is -2.18. The number of anilines is 1. The third kappa shape index (κ3) is 4.70. The standard InChI is InChI=1S/C19H25N3O4/c1-12(2)26-11-14(4)20-17-9-15(6-7-18(17)22(24)25)16-8-13(3)19(23)21(5)10-16/h6-10,12,14,20H,11H2,1-5H3. The van der Waals surface area contributed by atoms with Gasteiger partial charge in [-0.3, -0.25) is 14.9 Å². The van der Waals surface area contributed by atoms with E-state index in [1.165, 1.54) is 10.6 Å². The van der Waals surface area contributed by atoms with Gasteiger partial charge in [-0.05, 0) is 57.0 Å². The van der Waals surface area contributed by atoms with E-state index >= 15 is 0 Å². The summed E-state index contributed by atoms with van der Waals surface area (Å²) in [6.07, 6.45) is 1.82. The molecular weight excluding hydrogens is 334 g/mol. The minimum absolute atomic E-state index is 0.00619. The first kappa shape index (κ1) is 19.7. The Kier molecular flexibility index (Phi) is 6.15. The van der Waals surface area contributed by atoms with Gasteiger partial charge in [-0.25, -0.2) is 0 Å². The van der Waals surface area contributed by atoms with Crippen molar-refractivity contribution in [2.45, 2.75) is 39.8 Å². The third-order valence-corrected chi connectivity index (χ3v) is 3.97. The van der Waals surface area contributed by atoms with E-state index < -0.39 is 4.92 Å². The van der Waals surface area contributed by atoms with Crippen molar-refractivity contribution >= 4 is 11.4 Å². The molecular formula is C19H25N3O4. The van der Waals surface area contributed by atoms with Gasteiger partial charge in [-0.2, -0.15) is 0 Å². The molecule has 0 saturated carbocycles. The monoisotopic (exact) mass is 359 g/mol. The van der Waals surface area contributed by atoms with Gasteiger partial charge in [0, 0.05) is 30.9 Å². The molecule has 7 nitrogen and oxygen atoms in total. The second-order valence-electron chi connectivity index (χ2n) is 6.74. The van der Waals surface area contributed by atoms with Crippen molar-refractivity contribution in [3.63, 3.8) is 0 Å². The first-order valence-corrected chi connectivity index (χ1v) is 8.53. The highest BCUT2D eigenvalue weighted by molar-refractivity contribution is 5.74. The van der Waals surface area contributed by atoms with Crippen LogP contribution in [0.25, 0.3) is 11.1 Å². The van der Waals surface area contributed by atoms with E-state index in [9.17, 15) is 14.9 Å². The number of pyridine rings is 1. The lowest BCUT2D eigenvalue weighted by Crippen LogP contribution is -2.24. The third-order valence-electron chi connectivity index (χ3n) is 3.97. The van der Waals surface area contributed by atoms with E-state index in [-0.39, 0.29) is 23.4 Å². The van der Waals surface area contributed by atoms with Crippen LogP contribution < -0.4 is 10.9 Å². The van der Waals surface area contributed by atoms with E-state index in [4.69, 9.17) is 4.74 Å². The van der Waals surface area contributed by atoms with Gasteiger partial charge in [0.25, 0.3) is 11.2 Å². The highest BCUT2D eigenvalue weighted by Crippen LogP contribution is 2.31. The maximum Gasteiger partial charge on any atom is 0.292 e. The molecule has 0 aliphatic heterocycles. The Morgan fingerprint density at radius 2 is 1.92 bits per heavy atom. The molecule has 0 aliphatic carbocycles. The molecule has 2 rings (SSSR count). The van der Waals surface area contributed by atoms with Crippen LogP contribution in [0.4, 0.5) is 11.4 Å². The van der Waals surface area contributed by atoms with Crippen molar-refractivity contribution in [3.8, 4) is 11.1 Å². The van der Waals surface area contributed by atoms with Crippen LogP contribution in [-0.2, 0) is 11.8 Å². The molecule has 1 heterocycles. The number of hydrogen-bond acceptors (Lipinski definition) is 5. The molecule has 0 fully saturated rings. The number of aromatic nitrogens is 1. The fourth-order valence-corrected chi connectivity index (χ4v) is 2.67. The number of aryl methyl sites for hydroxylation is 2. The summed E-state index contributed by atoms with van der Waals surface area (Å²) in [6, 6.07) is 6.61. The van der Waals surface area contributed by atoms with Gasteiger partial charge in [0.15, 0.2) is 0 Å². The highest BCUT2D eigenvalue weighted by Gasteiger charge is 2.17. The molecule has 0 bridgehead atoms. The number of ether oxygens (including phenoxy) is 1. The molecule has 1 aromatic heterocycles. The van der Waals surface area contributed by atoms with Gasteiger partial charge in [0.05, 0.1) is 17.6 Å². The quantitative estimate of drug-likeness (QED) is 0.604. The Morgan fingerprint density at radius 1 is 1.23 bits per heavy atom. The Hall–Kier alpha value is -2.67. The zero-order valence-electron chi connectivity index (χ0n) is 15.8. The Balaban J connectivity index is 2.39. The van der Waals surface area contributed by atoms with Crippen LogP contribution in [-0.4, -0.2) is 28.2 Å². The number of nitrogens with one attached hydrogen (secondary N) is 1. The van der Waals surface area contributed by atoms with Crippen LogP contribution in [0, 0.1) is 17.0 Å². The topological polar surface area (TPSA) is 86.4 Å². The molecule has 7 heteroatoms. The summed E-state index contributed by atoms with van der Waals surface area (Å²) in [4.78, 5) is 22.8. The molecule has 0 amide bonds. The van der Waals surface area contributed by atoms with Gasteiger partial charge < -0.3 is 14.6 Å². The molecule has 1 N–H and O–H groups in total. The van der Waals surface area contributed by atoms with E-state index in [0.717, 1.165) is 11.1 Å². The molecule has 2 aromatic rings.